The number of hydrogen-bond donors (Lipinski definition) is 0. The van der Waals surface area contributed by atoms with E-state index in [4.69, 9.17) is 28.4 Å². The third-order valence-electron chi connectivity index (χ3n) is 6.54. The molecule has 0 unspecified atom stereocenters. The van der Waals surface area contributed by atoms with Gasteiger partial charge in [0.1, 0.15) is 26.4 Å². The van der Waals surface area contributed by atoms with Crippen LogP contribution in [0, 0.1) is 0 Å². The van der Waals surface area contributed by atoms with Gasteiger partial charge in [-0.15, -0.1) is 0 Å². The lowest BCUT2D eigenvalue weighted by Crippen LogP contribution is -2.13. The van der Waals surface area contributed by atoms with Gasteiger partial charge in [0.05, 0.1) is 26.4 Å². The van der Waals surface area contributed by atoms with Crippen molar-refractivity contribution in [2.45, 2.75) is 6.61 Å². The number of halogens is 1. The maximum absolute atomic E-state index is 6.16. The Labute approximate surface area is 255 Å². The zero-order valence-electron chi connectivity index (χ0n) is 23.5. The van der Waals surface area contributed by atoms with Crippen molar-refractivity contribution >= 4 is 37.5 Å². The minimum absolute atomic E-state index is 0.385. The van der Waals surface area contributed by atoms with E-state index in [1.54, 1.807) is 0 Å². The van der Waals surface area contributed by atoms with Gasteiger partial charge in [0.2, 0.25) is 0 Å². The Morgan fingerprint density at radius 1 is 0.405 bits per heavy atom. The van der Waals surface area contributed by atoms with E-state index in [-0.39, 0.29) is 0 Å². The maximum Gasteiger partial charge on any atom is 0.162 e. The van der Waals surface area contributed by atoms with E-state index in [0.29, 0.717) is 75.9 Å². The summed E-state index contributed by atoms with van der Waals surface area (Å²) < 4.78 is 35.7. The molecule has 0 bridgehead atoms. The van der Waals surface area contributed by atoms with Crippen LogP contribution in [0.2, 0.25) is 0 Å². The Morgan fingerprint density at radius 3 is 1.21 bits per heavy atom. The normalized spacial score (nSPS) is 11.1. The predicted molar refractivity (Wildman–Crippen MR) is 171 cm³/mol. The van der Waals surface area contributed by atoms with E-state index in [2.05, 4.69) is 40.2 Å². The van der Waals surface area contributed by atoms with Crippen molar-refractivity contribution in [1.29, 1.82) is 0 Å². The third kappa shape index (κ3) is 8.61. The average molecular weight is 632 g/mol. The summed E-state index contributed by atoms with van der Waals surface area (Å²) in [5.41, 5.74) is 1.10. The summed E-state index contributed by atoms with van der Waals surface area (Å²) in [4.78, 5) is 0. The second-order valence-electron chi connectivity index (χ2n) is 9.53. The molecule has 0 heterocycles. The highest BCUT2D eigenvalue weighted by atomic mass is 79.9. The van der Waals surface area contributed by atoms with Crippen LogP contribution in [0.1, 0.15) is 5.56 Å². The van der Waals surface area contributed by atoms with Gasteiger partial charge in [-0.1, -0.05) is 94.8 Å². The zero-order chi connectivity index (χ0) is 28.8. The molecule has 0 fully saturated rings. The molecule has 0 amide bonds. The van der Waals surface area contributed by atoms with E-state index in [1.807, 2.05) is 78.9 Å². The fourth-order valence-corrected chi connectivity index (χ4v) is 4.70. The number of benzene rings is 5. The first-order valence-corrected chi connectivity index (χ1v) is 15.2. The Morgan fingerprint density at radius 2 is 0.786 bits per heavy atom. The van der Waals surface area contributed by atoms with Crippen molar-refractivity contribution in [3.05, 3.63) is 109 Å². The van der Waals surface area contributed by atoms with Crippen molar-refractivity contribution in [1.82, 2.24) is 0 Å². The van der Waals surface area contributed by atoms with Crippen LogP contribution < -0.4 is 18.9 Å². The average Bonchev–Trinajstić information content (AvgIpc) is 3.03. The number of hydrogen-bond acceptors (Lipinski definition) is 6. The molecule has 0 aliphatic carbocycles. The smallest absolute Gasteiger partial charge is 0.162 e. The van der Waals surface area contributed by atoms with Crippen LogP contribution in [0.5, 0.6) is 23.0 Å². The van der Waals surface area contributed by atoms with Crippen molar-refractivity contribution in [2.75, 3.05) is 51.6 Å². The molecule has 0 saturated carbocycles. The van der Waals surface area contributed by atoms with Crippen LogP contribution >= 0.6 is 15.9 Å². The molecular formula is C35H35BrO6. The molecule has 42 heavy (non-hydrogen) atoms. The molecule has 0 saturated heterocycles. The molecule has 0 aromatic heterocycles. The predicted octanol–water partition coefficient (Wildman–Crippen LogP) is 7.84. The van der Waals surface area contributed by atoms with Crippen molar-refractivity contribution < 1.29 is 28.4 Å². The molecule has 7 heteroatoms. The standard InChI is InChI=1S/C35H35BrO6/c36-14-15-37-16-19-39-32-22-28-10-4-5-11-29(28)23-33(32)40-20-17-38-18-21-41-34-24-30-12-6-7-13-31(30)25-35(34)42-26-27-8-2-1-3-9-27/h1-13,22-25H,14-21,26H2. The summed E-state index contributed by atoms with van der Waals surface area (Å²) in [5.74, 6) is 2.79. The third-order valence-corrected chi connectivity index (χ3v) is 6.86. The van der Waals surface area contributed by atoms with Crippen LogP contribution in [0.15, 0.2) is 103 Å². The lowest BCUT2D eigenvalue weighted by atomic mass is 10.1. The van der Waals surface area contributed by atoms with Gasteiger partial charge < -0.3 is 28.4 Å². The van der Waals surface area contributed by atoms with Crippen molar-refractivity contribution in [3.8, 4) is 23.0 Å². The van der Waals surface area contributed by atoms with Gasteiger partial charge in [0.15, 0.2) is 23.0 Å². The van der Waals surface area contributed by atoms with Crippen LogP contribution in [0.3, 0.4) is 0 Å². The van der Waals surface area contributed by atoms with Gasteiger partial charge in [0, 0.05) is 5.33 Å². The summed E-state index contributed by atoms with van der Waals surface area (Å²) in [6, 6.07) is 34.5. The SMILES string of the molecule is BrCCOCCOc1cc2ccccc2cc1OCCOCCOc1cc2ccccc2cc1OCc1ccccc1. The molecule has 218 valence electrons. The number of ether oxygens (including phenoxy) is 6. The van der Waals surface area contributed by atoms with Gasteiger partial charge in [-0.25, -0.2) is 0 Å². The molecular weight excluding hydrogens is 596 g/mol. The van der Waals surface area contributed by atoms with Crippen LogP contribution in [0.4, 0.5) is 0 Å². The van der Waals surface area contributed by atoms with Crippen LogP contribution in [-0.2, 0) is 16.1 Å². The van der Waals surface area contributed by atoms with E-state index in [9.17, 15) is 0 Å². The van der Waals surface area contributed by atoms with E-state index < -0.39 is 0 Å². The summed E-state index contributed by atoms with van der Waals surface area (Å²) in [6.45, 7) is 3.68. The number of fused-ring (bicyclic) bond motifs is 2. The second-order valence-corrected chi connectivity index (χ2v) is 10.3. The molecule has 5 aromatic carbocycles. The van der Waals surface area contributed by atoms with Gasteiger partial charge >= 0.3 is 0 Å². The Hall–Kier alpha value is -3.78. The van der Waals surface area contributed by atoms with Gasteiger partial charge in [-0.3, -0.25) is 0 Å². The number of alkyl halides is 1. The Balaban J connectivity index is 1.12. The highest BCUT2D eigenvalue weighted by Crippen LogP contribution is 2.34. The van der Waals surface area contributed by atoms with Crippen LogP contribution in [0.25, 0.3) is 21.5 Å². The highest BCUT2D eigenvalue weighted by molar-refractivity contribution is 9.09. The molecule has 0 aliphatic heterocycles. The fourth-order valence-electron chi connectivity index (χ4n) is 4.47. The lowest BCUT2D eigenvalue weighted by molar-refractivity contribution is 0.0736. The minimum atomic E-state index is 0.385. The second kappa shape index (κ2) is 16.0. The first-order valence-electron chi connectivity index (χ1n) is 14.1. The molecule has 0 atom stereocenters. The van der Waals surface area contributed by atoms with Gasteiger partial charge in [0.25, 0.3) is 0 Å². The Bertz CT molecular complexity index is 1540. The highest BCUT2D eigenvalue weighted by Gasteiger charge is 2.10. The van der Waals surface area contributed by atoms with Crippen molar-refractivity contribution in [2.24, 2.45) is 0 Å². The molecule has 6 nitrogen and oxygen atoms in total. The molecule has 0 radical (unpaired) electrons. The van der Waals surface area contributed by atoms with Crippen molar-refractivity contribution in [3.63, 3.8) is 0 Å². The van der Waals surface area contributed by atoms with E-state index >= 15 is 0 Å². The largest absolute Gasteiger partial charge is 0.487 e. The molecule has 0 spiro atoms. The molecule has 0 N–H and O–H groups in total. The molecule has 5 aromatic rings. The minimum Gasteiger partial charge on any atom is -0.487 e. The topological polar surface area (TPSA) is 55.4 Å². The fraction of sp³-hybridized carbons (Fsp3) is 0.257. The van der Waals surface area contributed by atoms with E-state index in [1.165, 1.54) is 0 Å². The van der Waals surface area contributed by atoms with Gasteiger partial charge in [-0.05, 0) is 51.4 Å². The maximum atomic E-state index is 6.16. The number of rotatable bonds is 17. The zero-order valence-corrected chi connectivity index (χ0v) is 25.1. The van der Waals surface area contributed by atoms with Gasteiger partial charge in [-0.2, -0.15) is 0 Å². The first kappa shape index (κ1) is 29.7. The van der Waals surface area contributed by atoms with Crippen LogP contribution in [-0.4, -0.2) is 51.6 Å². The van der Waals surface area contributed by atoms with E-state index in [0.717, 1.165) is 32.4 Å². The monoisotopic (exact) mass is 630 g/mol. The molecule has 0 aliphatic rings. The summed E-state index contributed by atoms with van der Waals surface area (Å²) >= 11 is 3.36. The molecule has 5 rings (SSSR count). The summed E-state index contributed by atoms with van der Waals surface area (Å²) in [6.07, 6.45) is 0. The quantitative estimate of drug-likeness (QED) is 0.0770. The summed E-state index contributed by atoms with van der Waals surface area (Å²) in [7, 11) is 0. The lowest BCUT2D eigenvalue weighted by Gasteiger charge is -2.15. The first-order chi connectivity index (χ1) is 20.8. The Kier molecular flexibility index (Phi) is 11.3. The summed E-state index contributed by atoms with van der Waals surface area (Å²) in [5, 5.41) is 5.18.